The Hall–Kier alpha value is -2.41. The molecule has 0 amide bonds. The number of halogens is 2. The molecule has 1 N–H and O–H groups in total. The summed E-state index contributed by atoms with van der Waals surface area (Å²) in [6.45, 7) is 6.64. The number of carbonyl (C=O) groups excluding carboxylic acids is 1. The lowest BCUT2D eigenvalue weighted by atomic mass is 10.1. The van der Waals surface area contributed by atoms with Crippen molar-refractivity contribution in [2.24, 2.45) is 0 Å². The third-order valence-electron chi connectivity index (χ3n) is 3.61. The number of carbonyl (C=O) groups is 1. The topological polar surface area (TPSA) is 81.2 Å². The highest BCUT2D eigenvalue weighted by atomic mass is 35.5. The van der Waals surface area contributed by atoms with Crippen molar-refractivity contribution >= 4 is 17.6 Å². The van der Waals surface area contributed by atoms with Crippen LogP contribution in [0.4, 0.5) is 4.39 Å². The lowest BCUT2D eigenvalue weighted by Crippen LogP contribution is -2.37. The van der Waals surface area contributed by atoms with Crippen LogP contribution >= 0.6 is 11.6 Å². The molecular formula is C17H18ClFN2O4. The number of nitrogens with zero attached hydrogens (tertiary/aromatic N) is 1. The first-order valence-corrected chi connectivity index (χ1v) is 8.10. The van der Waals surface area contributed by atoms with Gasteiger partial charge in [0, 0.05) is 11.3 Å². The van der Waals surface area contributed by atoms with Crippen LogP contribution in [0.15, 0.2) is 21.7 Å². The number of hydrogen-bond acceptors (Lipinski definition) is 4. The van der Waals surface area contributed by atoms with Crippen LogP contribution in [-0.4, -0.2) is 21.6 Å². The zero-order valence-corrected chi connectivity index (χ0v) is 15.0. The van der Waals surface area contributed by atoms with E-state index in [4.69, 9.17) is 16.3 Å². The number of benzene rings is 1. The third kappa shape index (κ3) is 3.66. The molecule has 0 bridgehead atoms. The average Bonchev–Trinajstić information content (AvgIpc) is 2.48. The second kappa shape index (κ2) is 7.23. The van der Waals surface area contributed by atoms with E-state index in [0.717, 1.165) is 12.1 Å². The molecule has 0 saturated heterocycles. The van der Waals surface area contributed by atoms with Crippen LogP contribution in [0.3, 0.4) is 0 Å². The first-order chi connectivity index (χ1) is 11.7. The van der Waals surface area contributed by atoms with Crippen LogP contribution in [0.1, 0.15) is 42.4 Å². The van der Waals surface area contributed by atoms with E-state index in [1.54, 1.807) is 27.7 Å². The molecule has 25 heavy (non-hydrogen) atoms. The maximum Gasteiger partial charge on any atom is 0.339 e. The van der Waals surface area contributed by atoms with E-state index in [2.05, 4.69) is 4.98 Å². The number of aromatic amines is 1. The van der Waals surface area contributed by atoms with Crippen LogP contribution in [0.25, 0.3) is 5.69 Å². The first-order valence-electron chi connectivity index (χ1n) is 7.72. The van der Waals surface area contributed by atoms with Crippen LogP contribution < -0.4 is 11.2 Å². The number of aryl methyl sites for hydroxylation is 1. The number of aromatic nitrogens is 2. The zero-order valence-electron chi connectivity index (χ0n) is 14.3. The molecule has 2 aromatic rings. The average molecular weight is 369 g/mol. The molecule has 1 aromatic carbocycles. The molecule has 8 heteroatoms. The second-order valence-corrected chi connectivity index (χ2v) is 6.17. The summed E-state index contributed by atoms with van der Waals surface area (Å²) >= 11 is 5.92. The van der Waals surface area contributed by atoms with Crippen molar-refractivity contribution in [2.45, 2.75) is 40.2 Å². The Morgan fingerprint density at radius 2 is 2.00 bits per heavy atom. The molecule has 0 aliphatic carbocycles. The van der Waals surface area contributed by atoms with Gasteiger partial charge in [-0.2, -0.15) is 0 Å². The summed E-state index contributed by atoms with van der Waals surface area (Å²) in [5, 5.41) is -0.167. The Kier molecular flexibility index (Phi) is 5.47. The minimum absolute atomic E-state index is 0.128. The first kappa shape index (κ1) is 18.9. The normalized spacial score (nSPS) is 11.0. The summed E-state index contributed by atoms with van der Waals surface area (Å²) in [4.78, 5) is 39.4. The second-order valence-electron chi connectivity index (χ2n) is 5.77. The fourth-order valence-electron chi connectivity index (χ4n) is 2.46. The van der Waals surface area contributed by atoms with E-state index < -0.39 is 29.1 Å². The summed E-state index contributed by atoms with van der Waals surface area (Å²) in [7, 11) is 0. The molecule has 0 fully saturated rings. The molecule has 2 rings (SSSR count). The zero-order chi connectivity index (χ0) is 18.9. The maximum atomic E-state index is 14.4. The minimum Gasteiger partial charge on any atom is -0.459 e. The van der Waals surface area contributed by atoms with Crippen LogP contribution in [-0.2, 0) is 11.2 Å². The molecule has 6 nitrogen and oxygen atoms in total. The minimum atomic E-state index is -0.899. The fraction of sp³-hybridized carbons (Fsp3) is 0.353. The van der Waals surface area contributed by atoms with Crippen molar-refractivity contribution in [3.63, 3.8) is 0 Å². The van der Waals surface area contributed by atoms with Gasteiger partial charge in [0.1, 0.15) is 5.82 Å². The van der Waals surface area contributed by atoms with E-state index in [-0.39, 0.29) is 16.3 Å². The Morgan fingerprint density at radius 3 is 2.56 bits per heavy atom. The largest absolute Gasteiger partial charge is 0.459 e. The summed E-state index contributed by atoms with van der Waals surface area (Å²) in [5.41, 5.74) is -1.17. The van der Waals surface area contributed by atoms with Gasteiger partial charge >= 0.3 is 11.7 Å². The standard InChI is InChI=1S/C17H18ClFN2O4/c1-5-10-9(4)20-17(24)21(15(10)22)14-6-11(12(18)7-13(14)19)16(23)25-8(2)3/h6-8H,5H2,1-4H3,(H,20,24). The van der Waals surface area contributed by atoms with Gasteiger partial charge in [0.05, 0.1) is 22.4 Å². The Balaban J connectivity index is 2.75. The Morgan fingerprint density at radius 1 is 1.36 bits per heavy atom. The van der Waals surface area contributed by atoms with Crippen LogP contribution in [0.5, 0.6) is 0 Å². The predicted molar refractivity (Wildman–Crippen MR) is 92.3 cm³/mol. The number of nitrogens with one attached hydrogen (secondary N) is 1. The van der Waals surface area contributed by atoms with Gasteiger partial charge in [-0.25, -0.2) is 18.5 Å². The number of hydrogen-bond donors (Lipinski definition) is 1. The van der Waals surface area contributed by atoms with Gasteiger partial charge in [-0.1, -0.05) is 18.5 Å². The van der Waals surface area contributed by atoms with Gasteiger partial charge in [-0.3, -0.25) is 4.79 Å². The molecule has 0 saturated carbocycles. The quantitative estimate of drug-likeness (QED) is 0.841. The van der Waals surface area contributed by atoms with Crippen molar-refractivity contribution in [2.75, 3.05) is 0 Å². The summed E-state index contributed by atoms with van der Waals surface area (Å²) in [5.74, 6) is -1.67. The molecule has 134 valence electrons. The molecule has 0 aliphatic rings. The third-order valence-corrected chi connectivity index (χ3v) is 3.92. The van der Waals surface area contributed by atoms with E-state index in [9.17, 15) is 18.8 Å². The van der Waals surface area contributed by atoms with Gasteiger partial charge < -0.3 is 9.72 Å². The van der Waals surface area contributed by atoms with E-state index >= 15 is 0 Å². The summed E-state index contributed by atoms with van der Waals surface area (Å²) in [6, 6.07) is 1.93. The van der Waals surface area contributed by atoms with Crippen LogP contribution in [0, 0.1) is 12.7 Å². The van der Waals surface area contributed by atoms with E-state index in [0.29, 0.717) is 22.2 Å². The van der Waals surface area contributed by atoms with Crippen molar-refractivity contribution in [3.8, 4) is 5.69 Å². The molecule has 0 unspecified atom stereocenters. The number of esters is 1. The van der Waals surface area contributed by atoms with Gasteiger partial charge in [-0.15, -0.1) is 0 Å². The lowest BCUT2D eigenvalue weighted by Gasteiger charge is -2.13. The molecular weight excluding hydrogens is 351 g/mol. The number of ether oxygens (including phenoxy) is 1. The predicted octanol–water partition coefficient (Wildman–Crippen LogP) is 2.75. The van der Waals surface area contributed by atoms with E-state index in [1.807, 2.05) is 0 Å². The van der Waals surface area contributed by atoms with Crippen molar-refractivity contribution in [1.82, 2.24) is 9.55 Å². The summed E-state index contributed by atoms with van der Waals surface area (Å²) in [6.07, 6.45) is -0.0481. The van der Waals surface area contributed by atoms with Gasteiger partial charge in [0.2, 0.25) is 0 Å². The van der Waals surface area contributed by atoms with Crippen molar-refractivity contribution in [1.29, 1.82) is 0 Å². The molecule has 0 radical (unpaired) electrons. The number of rotatable bonds is 4. The van der Waals surface area contributed by atoms with Crippen molar-refractivity contribution < 1.29 is 13.9 Å². The smallest absolute Gasteiger partial charge is 0.339 e. The molecule has 1 heterocycles. The maximum absolute atomic E-state index is 14.4. The number of H-pyrrole nitrogens is 1. The Bertz CT molecular complexity index is 947. The van der Waals surface area contributed by atoms with Gasteiger partial charge in [0.25, 0.3) is 5.56 Å². The molecule has 0 aliphatic heterocycles. The fourth-order valence-corrected chi connectivity index (χ4v) is 2.68. The molecule has 1 aromatic heterocycles. The lowest BCUT2D eigenvalue weighted by molar-refractivity contribution is 0.0378. The van der Waals surface area contributed by atoms with Gasteiger partial charge in [-0.05, 0) is 39.3 Å². The van der Waals surface area contributed by atoms with Crippen LogP contribution in [0.2, 0.25) is 5.02 Å². The SMILES string of the molecule is CCc1c(C)[nH]c(=O)n(-c2cc(C(=O)OC(C)C)c(Cl)cc2F)c1=O. The van der Waals surface area contributed by atoms with Crippen molar-refractivity contribution in [3.05, 3.63) is 60.6 Å². The summed E-state index contributed by atoms with van der Waals surface area (Å²) < 4.78 is 20.1. The highest BCUT2D eigenvalue weighted by molar-refractivity contribution is 6.33. The Labute approximate surface area is 148 Å². The molecule has 0 spiro atoms. The highest BCUT2D eigenvalue weighted by Crippen LogP contribution is 2.23. The highest BCUT2D eigenvalue weighted by Gasteiger charge is 2.21. The monoisotopic (exact) mass is 368 g/mol. The van der Waals surface area contributed by atoms with E-state index in [1.165, 1.54) is 0 Å². The van der Waals surface area contributed by atoms with Gasteiger partial charge in [0.15, 0.2) is 0 Å². The molecule has 0 atom stereocenters.